The molecule has 8 aromatic carbocycles. The Morgan fingerprint density at radius 2 is 0.978 bits per heavy atom. The first-order valence-corrected chi connectivity index (χ1v) is 14.5. The zero-order valence-electron chi connectivity index (χ0n) is 34.7. The van der Waals surface area contributed by atoms with Gasteiger partial charge in [-0.15, -0.1) is 0 Å². The Morgan fingerprint density at radius 1 is 0.378 bits per heavy atom. The van der Waals surface area contributed by atoms with Crippen LogP contribution in [0.1, 0.15) is 15.1 Å². The summed E-state index contributed by atoms with van der Waals surface area (Å²) in [7, 11) is 0. The minimum atomic E-state index is -0.466. The maximum atomic E-state index is 9.46. The molecular formula is C44H28O. The second-order valence-corrected chi connectivity index (χ2v) is 10.8. The molecule has 0 radical (unpaired) electrons. The van der Waals surface area contributed by atoms with Gasteiger partial charge in [0.25, 0.3) is 0 Å². The predicted molar refractivity (Wildman–Crippen MR) is 190 cm³/mol. The fraction of sp³-hybridized carbons (Fsp3) is 0. The van der Waals surface area contributed by atoms with Crippen molar-refractivity contribution in [3.63, 3.8) is 0 Å². The fourth-order valence-electron chi connectivity index (χ4n) is 6.46. The van der Waals surface area contributed by atoms with Gasteiger partial charge in [-0.1, -0.05) is 151 Å². The van der Waals surface area contributed by atoms with E-state index in [0.717, 1.165) is 32.7 Å². The number of para-hydroxylation sites is 1. The van der Waals surface area contributed by atoms with Gasteiger partial charge >= 0.3 is 0 Å². The van der Waals surface area contributed by atoms with Gasteiger partial charge in [-0.25, -0.2) is 0 Å². The highest BCUT2D eigenvalue weighted by Gasteiger charge is 2.23. The summed E-state index contributed by atoms with van der Waals surface area (Å²) in [5.41, 5.74) is 4.18. The number of furan rings is 1. The molecular weight excluding hydrogens is 544 g/mol. The highest BCUT2D eigenvalue weighted by atomic mass is 16.3. The van der Waals surface area contributed by atoms with E-state index >= 15 is 0 Å². The third-order valence-electron chi connectivity index (χ3n) is 8.32. The monoisotopic (exact) mass is 583 g/mol. The summed E-state index contributed by atoms with van der Waals surface area (Å²) in [6.45, 7) is 0. The van der Waals surface area contributed by atoms with Gasteiger partial charge in [0.2, 0.25) is 0 Å². The minimum Gasteiger partial charge on any atom is -0.456 e. The van der Waals surface area contributed by atoms with Crippen LogP contribution in [0, 0.1) is 0 Å². The van der Waals surface area contributed by atoms with Crippen molar-refractivity contribution in [3.05, 3.63) is 170 Å². The Balaban J connectivity index is 1.47. The molecule has 0 aliphatic heterocycles. The molecule has 0 amide bonds. The Morgan fingerprint density at radius 3 is 1.71 bits per heavy atom. The number of hydrogen-bond acceptors (Lipinski definition) is 1. The van der Waals surface area contributed by atoms with Gasteiger partial charge in [-0.05, 0) is 78.6 Å². The van der Waals surface area contributed by atoms with Crippen molar-refractivity contribution in [1.82, 2.24) is 0 Å². The predicted octanol–water partition coefficient (Wildman–Crippen LogP) is 12.6. The SMILES string of the molecule is [2H]c1c([2H])c([2H])c(-c2cccc(-c3c4ccccc4c(-c4c(-c5ccccc5)c([2H])c([2H])c5oc6c([2H])c([2H])c([2H])c([2H])c6c45)c4ccccc34)c2)c([2H])c1[2H]. The molecule has 1 aromatic heterocycles. The zero-order valence-corrected chi connectivity index (χ0v) is 23.7. The Labute approximate surface area is 277 Å². The zero-order chi connectivity index (χ0) is 39.3. The van der Waals surface area contributed by atoms with Gasteiger partial charge in [0.05, 0.1) is 15.1 Å². The van der Waals surface area contributed by atoms with Crippen molar-refractivity contribution in [1.29, 1.82) is 0 Å². The lowest BCUT2D eigenvalue weighted by Gasteiger charge is -2.20. The molecule has 0 saturated heterocycles. The van der Waals surface area contributed by atoms with Crippen LogP contribution in [0.4, 0.5) is 0 Å². The molecule has 210 valence electrons. The molecule has 0 spiro atoms. The average molecular weight is 584 g/mol. The first-order chi connectivity index (χ1) is 26.9. The van der Waals surface area contributed by atoms with Crippen molar-refractivity contribution in [2.75, 3.05) is 0 Å². The molecule has 0 fully saturated rings. The van der Waals surface area contributed by atoms with Crippen molar-refractivity contribution in [2.24, 2.45) is 0 Å². The van der Waals surface area contributed by atoms with Gasteiger partial charge in [0.1, 0.15) is 11.2 Å². The second kappa shape index (κ2) is 10.4. The van der Waals surface area contributed by atoms with Gasteiger partial charge in [0.15, 0.2) is 0 Å². The van der Waals surface area contributed by atoms with Gasteiger partial charge in [0, 0.05) is 16.3 Å². The number of hydrogen-bond donors (Lipinski definition) is 0. The smallest absolute Gasteiger partial charge is 0.136 e. The van der Waals surface area contributed by atoms with E-state index in [0.29, 0.717) is 33.2 Å². The molecule has 0 unspecified atom stereocenters. The van der Waals surface area contributed by atoms with Crippen molar-refractivity contribution < 1.29 is 19.5 Å². The maximum Gasteiger partial charge on any atom is 0.136 e. The van der Waals surface area contributed by atoms with E-state index < -0.39 is 30.2 Å². The Bertz CT molecular complexity index is 3070. The van der Waals surface area contributed by atoms with E-state index in [1.165, 1.54) is 0 Å². The summed E-state index contributed by atoms with van der Waals surface area (Å²) in [4.78, 5) is 0. The lowest BCUT2D eigenvalue weighted by Crippen LogP contribution is -1.94. The molecule has 1 heterocycles. The van der Waals surface area contributed by atoms with E-state index in [2.05, 4.69) is 0 Å². The van der Waals surface area contributed by atoms with Crippen LogP contribution in [0.15, 0.2) is 174 Å². The topological polar surface area (TPSA) is 13.1 Å². The molecule has 1 nitrogen and oxygen atoms in total. The van der Waals surface area contributed by atoms with E-state index in [4.69, 9.17) is 16.8 Å². The van der Waals surface area contributed by atoms with Crippen molar-refractivity contribution in [2.45, 2.75) is 0 Å². The van der Waals surface area contributed by atoms with E-state index in [1.54, 1.807) is 12.1 Å². The highest BCUT2D eigenvalue weighted by molar-refractivity contribution is 6.27. The minimum absolute atomic E-state index is 0.0183. The van der Waals surface area contributed by atoms with Crippen molar-refractivity contribution in [3.8, 4) is 44.5 Å². The molecule has 0 bridgehead atoms. The van der Waals surface area contributed by atoms with E-state index in [1.807, 2.05) is 91.0 Å². The standard InChI is InChI=1S/C44H28O/c1-3-14-29(15-4-1)31-18-13-19-32(28-31)41-34-20-7-9-22-36(34)42(37-23-10-8-21-35(37)41)44-33(30-16-5-2-6-17-30)26-27-40-43(44)38-24-11-12-25-39(38)45-40/h1-28H/i1D,3D,4D,11D,12D,14D,15D,24D,25D,26D,27D. The summed E-state index contributed by atoms with van der Waals surface area (Å²) in [5, 5.41) is 3.51. The van der Waals surface area contributed by atoms with Gasteiger partial charge < -0.3 is 4.42 Å². The van der Waals surface area contributed by atoms with Gasteiger partial charge in [-0.3, -0.25) is 0 Å². The highest BCUT2D eigenvalue weighted by Crippen LogP contribution is 2.50. The fourth-order valence-corrected chi connectivity index (χ4v) is 6.46. The Hall–Kier alpha value is -5.92. The molecule has 0 N–H and O–H groups in total. The Kier molecular flexibility index (Phi) is 3.87. The molecule has 0 aliphatic carbocycles. The van der Waals surface area contributed by atoms with Crippen LogP contribution in [0.3, 0.4) is 0 Å². The van der Waals surface area contributed by atoms with Crippen LogP contribution in [0.5, 0.6) is 0 Å². The molecule has 9 rings (SSSR count). The first kappa shape index (κ1) is 16.8. The molecule has 0 saturated carbocycles. The summed E-state index contributed by atoms with van der Waals surface area (Å²) < 4.78 is 102. The van der Waals surface area contributed by atoms with Crippen molar-refractivity contribution >= 4 is 43.5 Å². The van der Waals surface area contributed by atoms with Crippen LogP contribution in [0.25, 0.3) is 88.0 Å². The first-order valence-electron chi connectivity index (χ1n) is 20.0. The average Bonchev–Trinajstić information content (AvgIpc) is 3.63. The molecule has 0 atom stereocenters. The molecule has 9 aromatic rings. The molecule has 0 aliphatic rings. The lowest BCUT2D eigenvalue weighted by molar-refractivity contribution is 0.669. The largest absolute Gasteiger partial charge is 0.456 e. The maximum absolute atomic E-state index is 9.46. The van der Waals surface area contributed by atoms with Crippen LogP contribution in [-0.4, -0.2) is 0 Å². The number of rotatable bonds is 4. The van der Waals surface area contributed by atoms with E-state index in [9.17, 15) is 2.74 Å². The normalized spacial score (nSPS) is 15.0. The molecule has 45 heavy (non-hydrogen) atoms. The third-order valence-corrected chi connectivity index (χ3v) is 8.32. The van der Waals surface area contributed by atoms with Crippen LogP contribution >= 0.6 is 0 Å². The summed E-state index contributed by atoms with van der Waals surface area (Å²) in [5.74, 6) is 0. The number of benzene rings is 8. The van der Waals surface area contributed by atoms with E-state index in [-0.39, 0.29) is 58.4 Å². The lowest BCUT2D eigenvalue weighted by atomic mass is 9.82. The number of fused-ring (bicyclic) bond motifs is 5. The second-order valence-electron chi connectivity index (χ2n) is 10.8. The van der Waals surface area contributed by atoms with Crippen LogP contribution < -0.4 is 0 Å². The summed E-state index contributed by atoms with van der Waals surface area (Å²) in [6.07, 6.45) is 0. The molecule has 1 heteroatoms. The summed E-state index contributed by atoms with van der Waals surface area (Å²) >= 11 is 0. The third kappa shape index (κ3) is 4.09. The van der Waals surface area contributed by atoms with Gasteiger partial charge in [-0.2, -0.15) is 0 Å². The van der Waals surface area contributed by atoms with Crippen LogP contribution in [-0.2, 0) is 0 Å². The summed E-state index contributed by atoms with van der Waals surface area (Å²) in [6, 6.07) is 28.1. The quantitative estimate of drug-likeness (QED) is 0.188. The van der Waals surface area contributed by atoms with Crippen LogP contribution in [0.2, 0.25) is 0 Å².